The van der Waals surface area contributed by atoms with Gasteiger partial charge in [0, 0.05) is 18.0 Å². The molecule has 4 bridgehead atoms. The number of alkyl halides is 3. The molecule has 0 aromatic heterocycles. The molecule has 1 saturated heterocycles. The molecule has 5 aliphatic carbocycles. The van der Waals surface area contributed by atoms with Gasteiger partial charge < -0.3 is 14.7 Å². The number of hydrogen-bond donors (Lipinski definition) is 1. The van der Waals surface area contributed by atoms with Gasteiger partial charge >= 0.3 is 12.1 Å². The van der Waals surface area contributed by atoms with Gasteiger partial charge in [0.15, 0.2) is 0 Å². The Morgan fingerprint density at radius 3 is 2.17 bits per heavy atom. The van der Waals surface area contributed by atoms with Crippen molar-refractivity contribution in [1.82, 2.24) is 4.90 Å². The summed E-state index contributed by atoms with van der Waals surface area (Å²) in [5.41, 5.74) is 0.438. The van der Waals surface area contributed by atoms with E-state index in [0.717, 1.165) is 49.9 Å². The highest BCUT2D eigenvalue weighted by Gasteiger charge is 2.52. The lowest BCUT2D eigenvalue weighted by molar-refractivity contribution is -0.170. The number of hydrogen-bond acceptors (Lipinski definition) is 3. The molecule has 5 nitrogen and oxygen atoms in total. The monoisotopic (exact) mass is 509 g/mol. The fourth-order valence-electron chi connectivity index (χ4n) is 7.96. The molecule has 1 N–H and O–H groups in total. The molecule has 196 valence electrons. The van der Waals surface area contributed by atoms with Crippen molar-refractivity contribution in [3.63, 3.8) is 0 Å². The number of carboxylic acids is 1. The maximum atomic E-state index is 15.3. The third kappa shape index (κ3) is 4.26. The van der Waals surface area contributed by atoms with E-state index in [1.807, 2.05) is 0 Å². The van der Waals surface area contributed by atoms with E-state index in [4.69, 9.17) is 4.74 Å². The molecule has 6 fully saturated rings. The predicted octanol–water partition coefficient (Wildman–Crippen LogP) is 5.78. The first-order chi connectivity index (χ1) is 17.0. The van der Waals surface area contributed by atoms with Crippen LogP contribution in [0.2, 0.25) is 0 Å². The highest BCUT2D eigenvalue weighted by Crippen LogP contribution is 2.60. The van der Waals surface area contributed by atoms with Crippen molar-refractivity contribution in [3.05, 3.63) is 29.1 Å². The molecule has 9 heteroatoms. The Morgan fingerprint density at radius 1 is 1.03 bits per heavy atom. The van der Waals surface area contributed by atoms with Gasteiger partial charge in [0.2, 0.25) is 0 Å². The summed E-state index contributed by atoms with van der Waals surface area (Å²) in [4.78, 5) is 25.4. The Morgan fingerprint density at radius 2 is 1.64 bits per heavy atom. The summed E-state index contributed by atoms with van der Waals surface area (Å²) in [5.74, 6) is -2.59. The van der Waals surface area contributed by atoms with Crippen LogP contribution in [0.3, 0.4) is 0 Å². The molecular weight excluding hydrogens is 478 g/mol. The average Bonchev–Trinajstić information content (AvgIpc) is 3.51. The van der Waals surface area contributed by atoms with Gasteiger partial charge in [0.05, 0.1) is 18.1 Å². The van der Waals surface area contributed by atoms with Crippen LogP contribution in [0.5, 0.6) is 5.75 Å². The Kier molecular flexibility index (Phi) is 5.58. The van der Waals surface area contributed by atoms with Crippen molar-refractivity contribution in [3.8, 4) is 5.75 Å². The van der Waals surface area contributed by atoms with E-state index in [-0.39, 0.29) is 16.9 Å². The zero-order valence-electron chi connectivity index (χ0n) is 20.0. The van der Waals surface area contributed by atoms with Crippen LogP contribution in [0.25, 0.3) is 0 Å². The number of amides is 1. The Labute approximate surface area is 207 Å². The van der Waals surface area contributed by atoms with Crippen LogP contribution in [-0.4, -0.2) is 47.3 Å². The number of aliphatic carboxylic acids is 1. The van der Waals surface area contributed by atoms with Gasteiger partial charge in [-0.15, -0.1) is 0 Å². The smallest absolute Gasteiger partial charge is 0.393 e. The molecule has 1 heterocycles. The quantitative estimate of drug-likeness (QED) is 0.494. The first kappa shape index (κ1) is 24.0. The van der Waals surface area contributed by atoms with Crippen molar-refractivity contribution in [2.24, 2.45) is 29.1 Å². The SMILES string of the molecule is O=C(O)[C@@H]1CC(C(F)(F)F)CN1C(=O)c1cc(C2CC2)c(OCC23CC4CC(CC(C4)C2)C3)cc1F. The maximum Gasteiger partial charge on any atom is 0.393 e. The van der Waals surface area contributed by atoms with Crippen LogP contribution < -0.4 is 4.74 Å². The minimum atomic E-state index is -4.63. The van der Waals surface area contributed by atoms with E-state index in [0.29, 0.717) is 22.8 Å². The zero-order chi connectivity index (χ0) is 25.4. The maximum absolute atomic E-state index is 15.3. The number of ether oxygens (including phenoxy) is 1. The number of likely N-dealkylation sites (tertiary alicyclic amines) is 1. The van der Waals surface area contributed by atoms with Crippen LogP contribution in [0.4, 0.5) is 17.6 Å². The van der Waals surface area contributed by atoms with Gasteiger partial charge in [-0.1, -0.05) is 0 Å². The van der Waals surface area contributed by atoms with Crippen molar-refractivity contribution < 1.29 is 37.0 Å². The summed E-state index contributed by atoms with van der Waals surface area (Å²) in [6, 6.07) is 0.943. The molecule has 5 saturated carbocycles. The van der Waals surface area contributed by atoms with E-state index in [1.54, 1.807) is 0 Å². The van der Waals surface area contributed by atoms with Crippen molar-refractivity contribution in [2.75, 3.05) is 13.2 Å². The van der Waals surface area contributed by atoms with E-state index in [2.05, 4.69) is 0 Å². The van der Waals surface area contributed by atoms with E-state index >= 15 is 4.39 Å². The van der Waals surface area contributed by atoms with Gasteiger partial charge in [-0.05, 0) is 93.1 Å². The Bertz CT molecular complexity index is 1050. The van der Waals surface area contributed by atoms with Crippen molar-refractivity contribution in [1.29, 1.82) is 0 Å². The van der Waals surface area contributed by atoms with E-state index in [9.17, 15) is 27.9 Å². The van der Waals surface area contributed by atoms with Gasteiger partial charge in [-0.25, -0.2) is 9.18 Å². The number of halogens is 4. The molecule has 1 aromatic carbocycles. The van der Waals surface area contributed by atoms with E-state index in [1.165, 1.54) is 31.4 Å². The Hall–Kier alpha value is -2.32. The summed E-state index contributed by atoms with van der Waals surface area (Å²) in [6.45, 7) is -0.273. The number of carbonyl (C=O) groups excluding carboxylic acids is 1. The molecule has 36 heavy (non-hydrogen) atoms. The fourth-order valence-corrected chi connectivity index (χ4v) is 7.96. The summed E-state index contributed by atoms with van der Waals surface area (Å²) >= 11 is 0. The van der Waals surface area contributed by atoms with Gasteiger partial charge in [-0.2, -0.15) is 13.2 Å². The van der Waals surface area contributed by atoms with Gasteiger partial charge in [0.25, 0.3) is 5.91 Å². The predicted molar refractivity (Wildman–Crippen MR) is 121 cm³/mol. The fraction of sp³-hybridized carbons (Fsp3) is 0.704. The second kappa shape index (κ2) is 8.35. The second-order valence-corrected chi connectivity index (χ2v) is 12.1. The number of nitrogens with zero attached hydrogens (tertiary/aromatic N) is 1. The van der Waals surface area contributed by atoms with Crippen molar-refractivity contribution >= 4 is 11.9 Å². The lowest BCUT2D eigenvalue weighted by Crippen LogP contribution is -2.48. The number of rotatable bonds is 6. The van der Waals surface area contributed by atoms with Crippen LogP contribution >= 0.6 is 0 Å². The van der Waals surface area contributed by atoms with Gasteiger partial charge in [0.1, 0.15) is 17.6 Å². The first-order valence-electron chi connectivity index (χ1n) is 13.1. The zero-order valence-corrected chi connectivity index (χ0v) is 20.0. The summed E-state index contributed by atoms with van der Waals surface area (Å²) in [6.07, 6.45) is 3.72. The minimum Gasteiger partial charge on any atom is -0.493 e. The second-order valence-electron chi connectivity index (χ2n) is 12.1. The Balaban J connectivity index is 1.24. The molecule has 0 radical (unpaired) electrons. The van der Waals surface area contributed by atoms with E-state index < -0.39 is 48.8 Å². The summed E-state index contributed by atoms with van der Waals surface area (Å²) in [5, 5.41) is 9.44. The molecule has 1 unspecified atom stereocenters. The molecular formula is C27H31F4NO4. The van der Waals surface area contributed by atoms with Crippen LogP contribution in [-0.2, 0) is 4.79 Å². The summed E-state index contributed by atoms with van der Waals surface area (Å²) in [7, 11) is 0. The first-order valence-corrected chi connectivity index (χ1v) is 13.1. The number of benzene rings is 1. The molecule has 1 aliphatic heterocycles. The normalized spacial score (nSPS) is 35.3. The molecule has 7 rings (SSSR count). The minimum absolute atomic E-state index is 0.111. The molecule has 1 amide bonds. The van der Waals surface area contributed by atoms with Crippen LogP contribution in [0.15, 0.2) is 12.1 Å². The standard InChI is InChI=1S/C27H31F4NO4/c28-21-8-23(36-13-26-9-14-3-15(10-26)5-16(4-14)11-26)19(17-1-2-17)7-20(21)24(33)32-12-18(27(29,30)31)6-22(32)25(34)35/h7-8,14-18,22H,1-6,9-13H2,(H,34,35)/t14?,15?,16?,18?,22-,26?/m0/s1. The third-order valence-electron chi connectivity index (χ3n) is 9.36. The lowest BCUT2D eigenvalue weighted by atomic mass is 9.50. The highest BCUT2D eigenvalue weighted by atomic mass is 19.4. The molecule has 1 aromatic rings. The highest BCUT2D eigenvalue weighted by molar-refractivity contribution is 5.97. The number of carboxylic acid groups (broad SMARTS) is 1. The van der Waals surface area contributed by atoms with Crippen LogP contribution in [0, 0.1) is 34.9 Å². The molecule has 0 spiro atoms. The number of carbonyl (C=O) groups is 2. The summed E-state index contributed by atoms with van der Waals surface area (Å²) < 4.78 is 61.4. The third-order valence-corrected chi connectivity index (χ3v) is 9.36. The van der Waals surface area contributed by atoms with Gasteiger partial charge in [-0.3, -0.25) is 4.79 Å². The van der Waals surface area contributed by atoms with Crippen LogP contribution in [0.1, 0.15) is 79.6 Å². The molecule has 2 atom stereocenters. The average molecular weight is 510 g/mol. The molecule has 6 aliphatic rings. The largest absolute Gasteiger partial charge is 0.493 e. The van der Waals surface area contributed by atoms with Crippen molar-refractivity contribution in [2.45, 2.75) is 75.9 Å². The topological polar surface area (TPSA) is 66.8 Å². The lowest BCUT2D eigenvalue weighted by Gasteiger charge is -2.56.